The van der Waals surface area contributed by atoms with E-state index in [1.807, 2.05) is 48.5 Å². The molecule has 0 saturated heterocycles. The third-order valence-corrected chi connectivity index (χ3v) is 4.65. The van der Waals surface area contributed by atoms with Gasteiger partial charge in [-0.3, -0.25) is 9.59 Å². The van der Waals surface area contributed by atoms with E-state index in [1.165, 1.54) is 18.7 Å². The first-order valence-corrected chi connectivity index (χ1v) is 9.24. The Kier molecular flexibility index (Phi) is 6.01. The SMILES string of the molecule is CC(=O)Nc1ccc(SCC(=O)NC[C@H]2COc3ccccc3O2)cc1. The molecular formula is C19H20N2O4S. The molecule has 136 valence electrons. The summed E-state index contributed by atoms with van der Waals surface area (Å²) in [6.07, 6.45) is -0.198. The molecule has 0 aliphatic carbocycles. The summed E-state index contributed by atoms with van der Waals surface area (Å²) >= 11 is 1.43. The van der Waals surface area contributed by atoms with Gasteiger partial charge in [0.15, 0.2) is 11.5 Å². The maximum Gasteiger partial charge on any atom is 0.230 e. The number of anilines is 1. The lowest BCUT2D eigenvalue weighted by molar-refractivity contribution is -0.119. The highest BCUT2D eigenvalue weighted by atomic mass is 32.2. The molecular weight excluding hydrogens is 352 g/mol. The predicted octanol–water partition coefficient (Wildman–Crippen LogP) is 2.69. The van der Waals surface area contributed by atoms with Crippen LogP contribution in [0.3, 0.4) is 0 Å². The quantitative estimate of drug-likeness (QED) is 0.763. The molecule has 2 amide bonds. The molecule has 0 aromatic heterocycles. The van der Waals surface area contributed by atoms with E-state index < -0.39 is 0 Å². The number of thioether (sulfide) groups is 1. The highest BCUT2D eigenvalue weighted by Gasteiger charge is 2.20. The van der Waals surface area contributed by atoms with E-state index in [4.69, 9.17) is 9.47 Å². The normalized spacial score (nSPS) is 15.2. The lowest BCUT2D eigenvalue weighted by Gasteiger charge is -2.26. The number of fused-ring (bicyclic) bond motifs is 1. The summed E-state index contributed by atoms with van der Waals surface area (Å²) in [5.41, 5.74) is 0.737. The van der Waals surface area contributed by atoms with Gasteiger partial charge in [0.2, 0.25) is 11.8 Å². The average molecular weight is 372 g/mol. The highest BCUT2D eigenvalue weighted by Crippen LogP contribution is 2.30. The van der Waals surface area contributed by atoms with Gasteiger partial charge in [-0.2, -0.15) is 0 Å². The first kappa shape index (κ1) is 18.1. The molecule has 7 heteroatoms. The van der Waals surface area contributed by atoms with E-state index in [1.54, 1.807) is 0 Å². The van der Waals surface area contributed by atoms with Crippen LogP contribution >= 0.6 is 11.8 Å². The minimum Gasteiger partial charge on any atom is -0.486 e. The first-order valence-electron chi connectivity index (χ1n) is 8.26. The fraction of sp³-hybridized carbons (Fsp3) is 0.263. The number of carbonyl (C=O) groups is 2. The second kappa shape index (κ2) is 8.62. The fourth-order valence-corrected chi connectivity index (χ4v) is 3.16. The fourth-order valence-electron chi connectivity index (χ4n) is 2.43. The Labute approximate surface area is 156 Å². The van der Waals surface area contributed by atoms with Crippen molar-refractivity contribution >= 4 is 29.3 Å². The molecule has 0 radical (unpaired) electrons. The second-order valence-corrected chi connectivity index (χ2v) is 6.84. The van der Waals surface area contributed by atoms with Gasteiger partial charge < -0.3 is 20.1 Å². The average Bonchev–Trinajstić information content (AvgIpc) is 2.65. The number of hydrogen-bond acceptors (Lipinski definition) is 5. The molecule has 1 heterocycles. The number of carbonyl (C=O) groups excluding carboxylic acids is 2. The Morgan fingerprint density at radius 3 is 2.58 bits per heavy atom. The van der Waals surface area contributed by atoms with Crippen molar-refractivity contribution in [2.24, 2.45) is 0 Å². The number of nitrogens with one attached hydrogen (secondary N) is 2. The Hall–Kier alpha value is -2.67. The van der Waals surface area contributed by atoms with E-state index in [0.717, 1.165) is 16.3 Å². The van der Waals surface area contributed by atoms with Crippen LogP contribution in [-0.4, -0.2) is 36.8 Å². The zero-order valence-electron chi connectivity index (χ0n) is 14.4. The predicted molar refractivity (Wildman–Crippen MR) is 101 cm³/mol. The zero-order chi connectivity index (χ0) is 18.4. The van der Waals surface area contributed by atoms with Crippen molar-refractivity contribution in [1.29, 1.82) is 0 Å². The van der Waals surface area contributed by atoms with Gasteiger partial charge in [0.25, 0.3) is 0 Å². The van der Waals surface area contributed by atoms with Crippen molar-refractivity contribution in [3.63, 3.8) is 0 Å². The summed E-state index contributed by atoms with van der Waals surface area (Å²) < 4.78 is 11.4. The van der Waals surface area contributed by atoms with Crippen LogP contribution < -0.4 is 20.1 Å². The number of amides is 2. The lowest BCUT2D eigenvalue weighted by Crippen LogP contribution is -2.41. The Morgan fingerprint density at radius 2 is 1.85 bits per heavy atom. The third-order valence-electron chi connectivity index (χ3n) is 3.64. The van der Waals surface area contributed by atoms with Crippen LogP contribution in [0, 0.1) is 0 Å². The summed E-state index contributed by atoms with van der Waals surface area (Å²) in [6.45, 7) is 2.27. The van der Waals surface area contributed by atoms with Crippen molar-refractivity contribution < 1.29 is 19.1 Å². The Morgan fingerprint density at radius 1 is 1.12 bits per heavy atom. The summed E-state index contributed by atoms with van der Waals surface area (Å²) in [4.78, 5) is 24.0. The summed E-state index contributed by atoms with van der Waals surface area (Å²) in [7, 11) is 0. The monoisotopic (exact) mass is 372 g/mol. The van der Waals surface area contributed by atoms with Gasteiger partial charge in [-0.25, -0.2) is 0 Å². The van der Waals surface area contributed by atoms with Crippen LogP contribution in [0.25, 0.3) is 0 Å². The van der Waals surface area contributed by atoms with Crippen LogP contribution in [0.15, 0.2) is 53.4 Å². The summed E-state index contributed by atoms with van der Waals surface area (Å²) in [5, 5.41) is 5.58. The van der Waals surface area contributed by atoms with Crippen LogP contribution in [0.5, 0.6) is 11.5 Å². The molecule has 3 rings (SSSR count). The second-order valence-electron chi connectivity index (χ2n) is 5.80. The molecule has 0 bridgehead atoms. The number of rotatable bonds is 6. The summed E-state index contributed by atoms with van der Waals surface area (Å²) in [5.74, 6) is 1.56. The van der Waals surface area contributed by atoms with Gasteiger partial charge in [0.05, 0.1) is 12.3 Å². The lowest BCUT2D eigenvalue weighted by atomic mass is 10.2. The van der Waals surface area contributed by atoms with Crippen molar-refractivity contribution in [2.75, 3.05) is 24.2 Å². The molecule has 26 heavy (non-hydrogen) atoms. The standard InChI is InChI=1S/C19H20N2O4S/c1-13(22)21-14-6-8-16(9-7-14)26-12-19(23)20-10-15-11-24-17-4-2-3-5-18(17)25-15/h2-9,15H,10-12H2,1H3,(H,20,23)(H,21,22)/t15-/m0/s1. The molecule has 2 N–H and O–H groups in total. The number of para-hydroxylation sites is 2. The highest BCUT2D eigenvalue weighted by molar-refractivity contribution is 8.00. The van der Waals surface area contributed by atoms with Crippen molar-refractivity contribution in [2.45, 2.75) is 17.9 Å². The topological polar surface area (TPSA) is 76.7 Å². The minimum absolute atomic E-state index is 0.0663. The molecule has 2 aromatic rings. The van der Waals surface area contributed by atoms with Crippen LogP contribution in [-0.2, 0) is 9.59 Å². The smallest absolute Gasteiger partial charge is 0.230 e. The number of benzene rings is 2. The van der Waals surface area contributed by atoms with Crippen LogP contribution in [0.2, 0.25) is 0 Å². The van der Waals surface area contributed by atoms with Crippen molar-refractivity contribution in [1.82, 2.24) is 5.32 Å². The number of ether oxygens (including phenoxy) is 2. The van der Waals surface area contributed by atoms with E-state index in [2.05, 4.69) is 10.6 Å². The molecule has 1 aliphatic rings. The van der Waals surface area contributed by atoms with E-state index in [9.17, 15) is 9.59 Å². The van der Waals surface area contributed by atoms with Crippen LogP contribution in [0.4, 0.5) is 5.69 Å². The van der Waals surface area contributed by atoms with Gasteiger partial charge in [-0.05, 0) is 36.4 Å². The summed E-state index contributed by atoms with van der Waals surface area (Å²) in [6, 6.07) is 14.9. The van der Waals surface area contributed by atoms with Crippen molar-refractivity contribution in [3.05, 3.63) is 48.5 Å². The molecule has 1 atom stereocenters. The molecule has 0 unspecified atom stereocenters. The molecule has 0 spiro atoms. The maximum atomic E-state index is 12.0. The van der Waals surface area contributed by atoms with Gasteiger partial charge in [-0.1, -0.05) is 12.1 Å². The van der Waals surface area contributed by atoms with E-state index >= 15 is 0 Å². The van der Waals surface area contributed by atoms with Gasteiger partial charge in [0, 0.05) is 17.5 Å². The third kappa shape index (κ3) is 5.16. The largest absolute Gasteiger partial charge is 0.486 e. The zero-order valence-corrected chi connectivity index (χ0v) is 15.2. The van der Waals surface area contributed by atoms with Gasteiger partial charge in [-0.15, -0.1) is 11.8 Å². The van der Waals surface area contributed by atoms with Gasteiger partial charge >= 0.3 is 0 Å². The molecule has 6 nitrogen and oxygen atoms in total. The Balaban J connectivity index is 1.40. The molecule has 0 fully saturated rings. The Bertz CT molecular complexity index is 779. The maximum absolute atomic E-state index is 12.0. The minimum atomic E-state index is -0.198. The molecule has 1 aliphatic heterocycles. The number of hydrogen-bond donors (Lipinski definition) is 2. The molecule has 0 saturated carbocycles. The van der Waals surface area contributed by atoms with Gasteiger partial charge in [0.1, 0.15) is 12.7 Å². The van der Waals surface area contributed by atoms with Crippen molar-refractivity contribution in [3.8, 4) is 11.5 Å². The van der Waals surface area contributed by atoms with E-state index in [0.29, 0.717) is 24.7 Å². The molecule has 2 aromatic carbocycles. The van der Waals surface area contributed by atoms with Crippen LogP contribution in [0.1, 0.15) is 6.92 Å². The first-order chi connectivity index (χ1) is 12.6. The van der Waals surface area contributed by atoms with E-state index in [-0.39, 0.29) is 17.9 Å².